The van der Waals surface area contributed by atoms with Gasteiger partial charge in [-0.15, -0.1) is 0 Å². The fraction of sp³-hybridized carbons (Fsp3) is 0.400. The number of nitrogens with one attached hydrogen (secondary N) is 1. The molecule has 0 spiro atoms. The Morgan fingerprint density at radius 1 is 1.50 bits per heavy atom. The van der Waals surface area contributed by atoms with Gasteiger partial charge < -0.3 is 10.4 Å². The zero-order chi connectivity index (χ0) is 8.55. The van der Waals surface area contributed by atoms with Crippen LogP contribution in [0.25, 0.3) is 0 Å². The van der Waals surface area contributed by atoms with Crippen molar-refractivity contribution in [2.75, 3.05) is 11.9 Å². The summed E-state index contributed by atoms with van der Waals surface area (Å²) in [7, 11) is 0. The lowest BCUT2D eigenvalue weighted by Gasteiger charge is -2.23. The van der Waals surface area contributed by atoms with Crippen molar-refractivity contribution in [3.05, 3.63) is 29.3 Å². The SMILES string of the molecule is Cc1ccc2c(c1)C(O)CCN2. The summed E-state index contributed by atoms with van der Waals surface area (Å²) in [6.45, 7) is 2.92. The zero-order valence-corrected chi connectivity index (χ0v) is 7.17. The van der Waals surface area contributed by atoms with Crippen LogP contribution in [0.2, 0.25) is 0 Å². The van der Waals surface area contributed by atoms with Crippen LogP contribution in [0.5, 0.6) is 0 Å². The Bertz CT molecular complexity index is 296. The minimum atomic E-state index is -0.277. The molecule has 0 aromatic heterocycles. The molecule has 64 valence electrons. The lowest BCUT2D eigenvalue weighted by molar-refractivity contribution is 0.168. The lowest BCUT2D eigenvalue weighted by Crippen LogP contribution is -2.16. The van der Waals surface area contributed by atoms with Gasteiger partial charge in [-0.3, -0.25) is 0 Å². The number of benzene rings is 1. The van der Waals surface area contributed by atoms with Gasteiger partial charge in [-0.2, -0.15) is 0 Å². The molecule has 1 aromatic rings. The number of anilines is 1. The van der Waals surface area contributed by atoms with Crippen LogP contribution >= 0.6 is 0 Å². The summed E-state index contributed by atoms with van der Waals surface area (Å²) in [6, 6.07) is 6.14. The Balaban J connectivity index is 2.47. The molecular weight excluding hydrogens is 150 g/mol. The van der Waals surface area contributed by atoms with E-state index in [1.165, 1.54) is 5.56 Å². The molecule has 0 aliphatic carbocycles. The third-order valence-electron chi connectivity index (χ3n) is 2.30. The number of aliphatic hydroxyl groups is 1. The maximum atomic E-state index is 9.65. The van der Waals surface area contributed by atoms with Crippen LogP contribution in [0.3, 0.4) is 0 Å². The molecule has 0 saturated carbocycles. The summed E-state index contributed by atoms with van der Waals surface area (Å²) in [5.41, 5.74) is 3.33. The number of aryl methyl sites for hydroxylation is 1. The monoisotopic (exact) mass is 163 g/mol. The quantitative estimate of drug-likeness (QED) is 0.611. The summed E-state index contributed by atoms with van der Waals surface area (Å²) >= 11 is 0. The molecule has 2 rings (SSSR count). The van der Waals surface area contributed by atoms with Gasteiger partial charge in [-0.25, -0.2) is 0 Å². The van der Waals surface area contributed by atoms with Crippen LogP contribution in [0.4, 0.5) is 5.69 Å². The van der Waals surface area contributed by atoms with Crippen LogP contribution in [0, 0.1) is 6.92 Å². The van der Waals surface area contributed by atoms with Crippen LogP contribution < -0.4 is 5.32 Å². The molecule has 0 saturated heterocycles. The van der Waals surface area contributed by atoms with Gasteiger partial charge in [0.05, 0.1) is 6.10 Å². The first-order valence-electron chi connectivity index (χ1n) is 4.30. The average Bonchev–Trinajstić information content (AvgIpc) is 2.07. The van der Waals surface area contributed by atoms with Crippen molar-refractivity contribution in [2.45, 2.75) is 19.4 Å². The van der Waals surface area contributed by atoms with Crippen molar-refractivity contribution in [3.8, 4) is 0 Å². The number of fused-ring (bicyclic) bond motifs is 1. The summed E-state index contributed by atoms with van der Waals surface area (Å²) in [5.74, 6) is 0. The van der Waals surface area contributed by atoms with E-state index in [1.807, 2.05) is 19.1 Å². The van der Waals surface area contributed by atoms with Gasteiger partial charge in [0.15, 0.2) is 0 Å². The highest BCUT2D eigenvalue weighted by Gasteiger charge is 2.16. The second kappa shape index (κ2) is 2.79. The summed E-state index contributed by atoms with van der Waals surface area (Å²) < 4.78 is 0. The van der Waals surface area contributed by atoms with Crippen LogP contribution in [0.1, 0.15) is 23.7 Å². The van der Waals surface area contributed by atoms with Gasteiger partial charge in [0.1, 0.15) is 0 Å². The molecule has 0 fully saturated rings. The molecule has 1 aliphatic heterocycles. The smallest absolute Gasteiger partial charge is 0.0826 e. The molecule has 2 N–H and O–H groups in total. The van der Waals surface area contributed by atoms with E-state index < -0.39 is 0 Å². The van der Waals surface area contributed by atoms with Crippen LogP contribution in [-0.2, 0) is 0 Å². The van der Waals surface area contributed by atoms with E-state index in [1.54, 1.807) is 0 Å². The fourth-order valence-electron chi connectivity index (χ4n) is 1.62. The van der Waals surface area contributed by atoms with E-state index in [2.05, 4.69) is 11.4 Å². The van der Waals surface area contributed by atoms with Gasteiger partial charge in [0, 0.05) is 17.8 Å². The highest BCUT2D eigenvalue weighted by Crippen LogP contribution is 2.29. The second-order valence-electron chi connectivity index (χ2n) is 3.32. The molecule has 1 aromatic carbocycles. The predicted octanol–water partition coefficient (Wildman–Crippen LogP) is 1.84. The third-order valence-corrected chi connectivity index (χ3v) is 2.30. The highest BCUT2D eigenvalue weighted by molar-refractivity contribution is 5.55. The maximum absolute atomic E-state index is 9.65. The number of aliphatic hydroxyl groups excluding tert-OH is 1. The molecule has 2 heteroatoms. The molecule has 1 atom stereocenters. The molecule has 0 bridgehead atoms. The number of hydrogen-bond acceptors (Lipinski definition) is 2. The molecule has 12 heavy (non-hydrogen) atoms. The van der Waals surface area contributed by atoms with E-state index in [9.17, 15) is 5.11 Å². The van der Waals surface area contributed by atoms with Crippen molar-refractivity contribution in [1.82, 2.24) is 0 Å². The fourth-order valence-corrected chi connectivity index (χ4v) is 1.62. The van der Waals surface area contributed by atoms with Gasteiger partial charge in [0.25, 0.3) is 0 Å². The minimum absolute atomic E-state index is 0.277. The number of hydrogen-bond donors (Lipinski definition) is 2. The van der Waals surface area contributed by atoms with Gasteiger partial charge in [0.2, 0.25) is 0 Å². The molecule has 1 unspecified atom stereocenters. The van der Waals surface area contributed by atoms with Crippen molar-refractivity contribution in [3.63, 3.8) is 0 Å². The predicted molar refractivity (Wildman–Crippen MR) is 49.2 cm³/mol. The van der Waals surface area contributed by atoms with E-state index in [4.69, 9.17) is 0 Å². The van der Waals surface area contributed by atoms with E-state index >= 15 is 0 Å². The van der Waals surface area contributed by atoms with Crippen molar-refractivity contribution >= 4 is 5.69 Å². The molecule has 1 heterocycles. The summed E-state index contributed by atoms with van der Waals surface area (Å²) in [4.78, 5) is 0. The largest absolute Gasteiger partial charge is 0.388 e. The first-order chi connectivity index (χ1) is 5.77. The average molecular weight is 163 g/mol. The Hall–Kier alpha value is -1.02. The van der Waals surface area contributed by atoms with E-state index in [0.29, 0.717) is 0 Å². The molecule has 1 aliphatic rings. The molecular formula is C10H13NO. The Labute approximate surface area is 72.2 Å². The van der Waals surface area contributed by atoms with E-state index in [-0.39, 0.29) is 6.10 Å². The number of rotatable bonds is 0. The first kappa shape index (κ1) is 7.62. The van der Waals surface area contributed by atoms with Gasteiger partial charge >= 0.3 is 0 Å². The van der Waals surface area contributed by atoms with Crippen molar-refractivity contribution < 1.29 is 5.11 Å². The lowest BCUT2D eigenvalue weighted by atomic mass is 9.99. The van der Waals surface area contributed by atoms with Crippen molar-refractivity contribution in [2.24, 2.45) is 0 Å². The Kier molecular flexibility index (Phi) is 1.77. The first-order valence-corrected chi connectivity index (χ1v) is 4.30. The Morgan fingerprint density at radius 3 is 3.17 bits per heavy atom. The molecule has 0 amide bonds. The van der Waals surface area contributed by atoms with Crippen molar-refractivity contribution in [1.29, 1.82) is 0 Å². The minimum Gasteiger partial charge on any atom is -0.388 e. The van der Waals surface area contributed by atoms with Gasteiger partial charge in [-0.1, -0.05) is 17.7 Å². The summed E-state index contributed by atoms with van der Waals surface area (Å²) in [6.07, 6.45) is 0.539. The topological polar surface area (TPSA) is 32.3 Å². The summed E-state index contributed by atoms with van der Waals surface area (Å²) in [5, 5.41) is 12.9. The standard InChI is InChI=1S/C10H13NO/c1-7-2-3-9-8(6-7)10(12)4-5-11-9/h2-3,6,10-12H,4-5H2,1H3. The third kappa shape index (κ3) is 1.18. The van der Waals surface area contributed by atoms with Crippen LogP contribution in [-0.4, -0.2) is 11.7 Å². The highest BCUT2D eigenvalue weighted by atomic mass is 16.3. The Morgan fingerprint density at radius 2 is 2.33 bits per heavy atom. The maximum Gasteiger partial charge on any atom is 0.0826 e. The molecule has 0 radical (unpaired) electrons. The van der Waals surface area contributed by atoms with Gasteiger partial charge in [-0.05, 0) is 19.4 Å². The molecule has 2 nitrogen and oxygen atoms in total. The zero-order valence-electron chi connectivity index (χ0n) is 7.17. The van der Waals surface area contributed by atoms with Crippen LogP contribution in [0.15, 0.2) is 18.2 Å². The van der Waals surface area contributed by atoms with E-state index in [0.717, 1.165) is 24.2 Å². The second-order valence-corrected chi connectivity index (χ2v) is 3.32. The normalized spacial score (nSPS) is 21.3.